The van der Waals surface area contributed by atoms with Crippen LogP contribution in [0.25, 0.3) is 0 Å². The third kappa shape index (κ3) is 2.43. The largest absolute Gasteiger partial charge is 0.339 e. The Morgan fingerprint density at radius 2 is 2.31 bits per heavy atom. The van der Waals surface area contributed by atoms with Gasteiger partial charge in [-0.2, -0.15) is 4.98 Å². The van der Waals surface area contributed by atoms with E-state index in [1.54, 1.807) is 0 Å². The molecule has 1 aromatic rings. The number of hydrogen-bond donors (Lipinski definition) is 1. The summed E-state index contributed by atoms with van der Waals surface area (Å²) in [5.74, 6) is 2.74. The summed E-state index contributed by atoms with van der Waals surface area (Å²) in [5.41, 5.74) is 5.87. The highest BCUT2D eigenvalue weighted by atomic mass is 16.5. The highest BCUT2D eigenvalue weighted by Crippen LogP contribution is 2.38. The van der Waals surface area contributed by atoms with Crippen LogP contribution in [-0.2, 0) is 6.42 Å². The van der Waals surface area contributed by atoms with Gasteiger partial charge < -0.3 is 10.3 Å². The van der Waals surface area contributed by atoms with Gasteiger partial charge in [-0.15, -0.1) is 0 Å². The van der Waals surface area contributed by atoms with Crippen LogP contribution in [0, 0.1) is 5.92 Å². The van der Waals surface area contributed by atoms with Gasteiger partial charge in [0.2, 0.25) is 5.89 Å². The van der Waals surface area contributed by atoms with E-state index in [1.165, 1.54) is 19.3 Å². The van der Waals surface area contributed by atoms with Crippen molar-refractivity contribution in [3.63, 3.8) is 0 Å². The Hall–Kier alpha value is -0.900. The zero-order valence-electron chi connectivity index (χ0n) is 10.1. The standard InChI is InChI=1S/C12H21N3O/c1-3-9(13)7-11-14-12(16-15-11)10-6-4-5-8(10)2/h8-10H,3-7,13H2,1-2H3. The lowest BCUT2D eigenvalue weighted by Crippen LogP contribution is -2.22. The minimum absolute atomic E-state index is 0.145. The molecule has 3 unspecified atom stereocenters. The lowest BCUT2D eigenvalue weighted by atomic mass is 9.98. The molecule has 4 heteroatoms. The van der Waals surface area contributed by atoms with Gasteiger partial charge in [0.05, 0.1) is 0 Å². The molecule has 3 atom stereocenters. The molecule has 2 N–H and O–H groups in total. The Morgan fingerprint density at radius 1 is 1.50 bits per heavy atom. The molecule has 0 spiro atoms. The molecule has 1 heterocycles. The molecule has 0 saturated heterocycles. The smallest absolute Gasteiger partial charge is 0.230 e. The molecule has 1 aliphatic rings. The van der Waals surface area contributed by atoms with Crippen LogP contribution in [0.2, 0.25) is 0 Å². The van der Waals surface area contributed by atoms with Crippen molar-refractivity contribution in [3.8, 4) is 0 Å². The Kier molecular flexibility index (Phi) is 3.59. The number of nitrogens with zero attached hydrogens (tertiary/aromatic N) is 2. The third-order valence-corrected chi connectivity index (χ3v) is 3.63. The van der Waals surface area contributed by atoms with Crippen LogP contribution in [-0.4, -0.2) is 16.2 Å². The van der Waals surface area contributed by atoms with E-state index < -0.39 is 0 Å². The first-order chi connectivity index (χ1) is 7.70. The average molecular weight is 223 g/mol. The fraction of sp³-hybridized carbons (Fsp3) is 0.833. The first-order valence-corrected chi connectivity index (χ1v) is 6.28. The molecule has 1 aromatic heterocycles. The zero-order chi connectivity index (χ0) is 11.5. The molecule has 2 rings (SSSR count). The van der Waals surface area contributed by atoms with E-state index in [0.717, 1.165) is 24.6 Å². The SMILES string of the molecule is CCC(N)Cc1noc(C2CCCC2C)n1. The van der Waals surface area contributed by atoms with Gasteiger partial charge in [0, 0.05) is 18.4 Å². The zero-order valence-corrected chi connectivity index (χ0v) is 10.1. The molecular weight excluding hydrogens is 202 g/mol. The van der Waals surface area contributed by atoms with Crippen molar-refractivity contribution >= 4 is 0 Å². The van der Waals surface area contributed by atoms with Crippen molar-refractivity contribution in [3.05, 3.63) is 11.7 Å². The summed E-state index contributed by atoms with van der Waals surface area (Å²) in [4.78, 5) is 4.47. The van der Waals surface area contributed by atoms with Crippen LogP contribution in [0.5, 0.6) is 0 Å². The van der Waals surface area contributed by atoms with E-state index in [-0.39, 0.29) is 6.04 Å². The second kappa shape index (κ2) is 4.95. The Balaban J connectivity index is 2.01. The van der Waals surface area contributed by atoms with Crippen molar-refractivity contribution in [1.29, 1.82) is 0 Å². The maximum Gasteiger partial charge on any atom is 0.230 e. The highest BCUT2D eigenvalue weighted by molar-refractivity contribution is 4.99. The Morgan fingerprint density at radius 3 is 2.94 bits per heavy atom. The van der Waals surface area contributed by atoms with E-state index in [1.807, 2.05) is 0 Å². The summed E-state index contributed by atoms with van der Waals surface area (Å²) in [7, 11) is 0. The molecule has 4 nitrogen and oxygen atoms in total. The number of nitrogens with two attached hydrogens (primary N) is 1. The molecule has 1 saturated carbocycles. The van der Waals surface area contributed by atoms with Gasteiger partial charge in [-0.05, 0) is 25.2 Å². The molecule has 1 aliphatic carbocycles. The molecule has 0 radical (unpaired) electrons. The monoisotopic (exact) mass is 223 g/mol. The van der Waals surface area contributed by atoms with Gasteiger partial charge in [0.1, 0.15) is 0 Å². The van der Waals surface area contributed by atoms with Gasteiger partial charge in [-0.25, -0.2) is 0 Å². The summed E-state index contributed by atoms with van der Waals surface area (Å²) in [5, 5.41) is 4.02. The second-order valence-electron chi connectivity index (χ2n) is 4.94. The van der Waals surface area contributed by atoms with Gasteiger partial charge in [0.15, 0.2) is 5.82 Å². The molecule has 0 amide bonds. The van der Waals surface area contributed by atoms with Crippen LogP contribution in [0.3, 0.4) is 0 Å². The van der Waals surface area contributed by atoms with E-state index >= 15 is 0 Å². The minimum Gasteiger partial charge on any atom is -0.339 e. The van der Waals surface area contributed by atoms with Crippen LogP contribution in [0.1, 0.15) is 57.2 Å². The first-order valence-electron chi connectivity index (χ1n) is 6.28. The molecule has 1 fully saturated rings. The Bertz CT molecular complexity index is 337. The topological polar surface area (TPSA) is 64.9 Å². The molecule has 0 bridgehead atoms. The molecule has 0 aromatic carbocycles. The van der Waals surface area contributed by atoms with Crippen LogP contribution in [0.4, 0.5) is 0 Å². The van der Waals surface area contributed by atoms with Crippen molar-refractivity contribution < 1.29 is 4.52 Å². The van der Waals surface area contributed by atoms with Crippen molar-refractivity contribution in [1.82, 2.24) is 10.1 Å². The lowest BCUT2D eigenvalue weighted by Gasteiger charge is -2.08. The van der Waals surface area contributed by atoms with Crippen LogP contribution < -0.4 is 5.73 Å². The van der Waals surface area contributed by atoms with E-state index in [9.17, 15) is 0 Å². The predicted molar refractivity (Wildman–Crippen MR) is 62.0 cm³/mol. The molecule has 16 heavy (non-hydrogen) atoms. The average Bonchev–Trinajstić information content (AvgIpc) is 2.86. The summed E-state index contributed by atoms with van der Waals surface area (Å²) in [6.07, 6.45) is 5.41. The maximum absolute atomic E-state index is 5.87. The quantitative estimate of drug-likeness (QED) is 0.850. The van der Waals surface area contributed by atoms with E-state index in [0.29, 0.717) is 11.8 Å². The molecule has 0 aliphatic heterocycles. The molecular formula is C12H21N3O. The van der Waals surface area contributed by atoms with Crippen molar-refractivity contribution in [2.45, 2.75) is 57.9 Å². The van der Waals surface area contributed by atoms with E-state index in [4.69, 9.17) is 10.3 Å². The second-order valence-corrected chi connectivity index (χ2v) is 4.94. The third-order valence-electron chi connectivity index (χ3n) is 3.63. The van der Waals surface area contributed by atoms with Gasteiger partial charge >= 0.3 is 0 Å². The number of aromatic nitrogens is 2. The predicted octanol–water partition coefficient (Wildman–Crippen LogP) is 2.25. The fourth-order valence-electron chi connectivity index (χ4n) is 2.39. The maximum atomic E-state index is 5.87. The van der Waals surface area contributed by atoms with Crippen molar-refractivity contribution in [2.24, 2.45) is 11.7 Å². The number of hydrogen-bond acceptors (Lipinski definition) is 4. The molecule has 90 valence electrons. The van der Waals surface area contributed by atoms with Gasteiger partial charge in [-0.3, -0.25) is 0 Å². The highest BCUT2D eigenvalue weighted by Gasteiger charge is 2.29. The van der Waals surface area contributed by atoms with Gasteiger partial charge in [0.25, 0.3) is 0 Å². The lowest BCUT2D eigenvalue weighted by molar-refractivity contribution is 0.327. The van der Waals surface area contributed by atoms with Crippen molar-refractivity contribution in [2.75, 3.05) is 0 Å². The normalized spacial score (nSPS) is 27.2. The number of rotatable bonds is 4. The fourth-order valence-corrected chi connectivity index (χ4v) is 2.39. The Labute approximate surface area is 96.6 Å². The summed E-state index contributed by atoms with van der Waals surface area (Å²) < 4.78 is 5.35. The first kappa shape index (κ1) is 11.6. The van der Waals surface area contributed by atoms with Crippen LogP contribution in [0.15, 0.2) is 4.52 Å². The van der Waals surface area contributed by atoms with E-state index in [2.05, 4.69) is 24.0 Å². The summed E-state index contributed by atoms with van der Waals surface area (Å²) in [6.45, 7) is 4.34. The minimum atomic E-state index is 0.145. The van der Waals surface area contributed by atoms with Crippen LogP contribution >= 0.6 is 0 Å². The summed E-state index contributed by atoms with van der Waals surface area (Å²) in [6, 6.07) is 0.145. The van der Waals surface area contributed by atoms with Gasteiger partial charge in [-0.1, -0.05) is 25.4 Å². The summed E-state index contributed by atoms with van der Waals surface area (Å²) >= 11 is 0.